The van der Waals surface area contributed by atoms with Crippen LogP contribution in [-0.4, -0.2) is 76.0 Å². The number of benzene rings is 2. The third-order valence-corrected chi connectivity index (χ3v) is 10.3. The maximum atomic E-state index is 14.2. The van der Waals surface area contributed by atoms with E-state index in [2.05, 4.69) is 10.3 Å². The smallest absolute Gasteiger partial charge is 0.310 e. The Balaban J connectivity index is 1.19. The normalized spacial score (nSPS) is 21.5. The van der Waals surface area contributed by atoms with Crippen LogP contribution in [0.15, 0.2) is 79.0 Å². The molecule has 3 aliphatic rings. The Labute approximate surface area is 255 Å². The van der Waals surface area contributed by atoms with Crippen molar-refractivity contribution in [3.8, 4) is 11.5 Å². The van der Waals surface area contributed by atoms with Gasteiger partial charge in [-0.05, 0) is 67.8 Å². The fourth-order valence-electron chi connectivity index (χ4n) is 6.45. The number of hydrogen-bond donors (Lipinski definition) is 1. The number of aromatic nitrogens is 1. The quantitative estimate of drug-likeness (QED) is 0.426. The summed E-state index contributed by atoms with van der Waals surface area (Å²) >= 11 is 0. The number of para-hydroxylation sites is 1. The summed E-state index contributed by atoms with van der Waals surface area (Å²) in [5, 5.41) is 1.81. The van der Waals surface area contributed by atoms with Gasteiger partial charge in [-0.2, -0.15) is 4.31 Å². The van der Waals surface area contributed by atoms with Gasteiger partial charge in [-0.1, -0.05) is 43.5 Å². The molecule has 2 amide bonds. The van der Waals surface area contributed by atoms with E-state index in [0.717, 1.165) is 10.7 Å². The summed E-state index contributed by atoms with van der Waals surface area (Å²) in [5.74, 6) is -0.0603. The molecule has 3 aromatic rings. The number of sulfonamides is 1. The molecule has 1 N–H and O–H groups in total. The highest BCUT2D eigenvalue weighted by Gasteiger charge is 2.57. The monoisotopic (exact) mass is 616 g/mol. The molecule has 2 saturated heterocycles. The highest BCUT2D eigenvalue weighted by molar-refractivity contribution is 8.04. The number of hydrogen-bond acceptors (Lipinski definition) is 8. The second-order valence-corrected chi connectivity index (χ2v) is 13.1. The maximum absolute atomic E-state index is 14.2. The number of fused-ring (bicyclic) bond motifs is 1. The average molecular weight is 617 g/mol. The Morgan fingerprint density at radius 3 is 2.25 bits per heavy atom. The number of pyridine rings is 1. The molecule has 2 unspecified atom stereocenters. The zero-order chi connectivity index (χ0) is 30.9. The largest absolute Gasteiger partial charge is 0.457 e. The van der Waals surface area contributed by atoms with Crippen LogP contribution in [0.1, 0.15) is 59.4 Å². The first kappa shape index (κ1) is 29.6. The Kier molecular flexibility index (Phi) is 8.04. The number of amides is 2. The molecule has 0 bridgehead atoms. The predicted octanol–water partition coefficient (Wildman–Crippen LogP) is 3.33. The van der Waals surface area contributed by atoms with Crippen LogP contribution in [0.3, 0.4) is 0 Å². The molecule has 1 aliphatic carbocycles. The first-order valence-corrected chi connectivity index (χ1v) is 16.1. The number of Topliss-reactive ketones (excluding diaryl/α,β-unsaturated/α-hetero) is 1. The topological polar surface area (TPSA) is 143 Å². The lowest BCUT2D eigenvalue weighted by Crippen LogP contribution is -2.62. The van der Waals surface area contributed by atoms with Crippen LogP contribution in [-0.2, 0) is 19.6 Å². The first-order chi connectivity index (χ1) is 21.2. The van der Waals surface area contributed by atoms with Gasteiger partial charge in [0.1, 0.15) is 28.8 Å². The van der Waals surface area contributed by atoms with Gasteiger partial charge in [-0.25, -0.2) is 8.42 Å². The summed E-state index contributed by atoms with van der Waals surface area (Å²) in [6, 6.07) is 18.4. The van der Waals surface area contributed by atoms with Crippen LogP contribution in [0.4, 0.5) is 0 Å². The fraction of sp³-hybridized carbons (Fsp3) is 0.344. The van der Waals surface area contributed by atoms with Crippen LogP contribution in [0, 0.1) is 0 Å². The second kappa shape index (κ2) is 11.9. The van der Waals surface area contributed by atoms with Gasteiger partial charge < -0.3 is 15.0 Å². The van der Waals surface area contributed by atoms with E-state index in [1.54, 1.807) is 30.3 Å². The zero-order valence-electron chi connectivity index (χ0n) is 23.9. The van der Waals surface area contributed by atoms with Crippen LogP contribution in [0.5, 0.6) is 11.5 Å². The van der Waals surface area contributed by atoms with Crippen molar-refractivity contribution in [1.29, 1.82) is 0 Å². The van der Waals surface area contributed by atoms with E-state index in [4.69, 9.17) is 4.74 Å². The molecule has 6 rings (SSSR count). The van der Waals surface area contributed by atoms with E-state index in [0.29, 0.717) is 42.7 Å². The highest BCUT2D eigenvalue weighted by Crippen LogP contribution is 2.37. The predicted molar refractivity (Wildman–Crippen MR) is 159 cm³/mol. The van der Waals surface area contributed by atoms with Gasteiger partial charge in [0.25, 0.3) is 15.9 Å². The van der Waals surface area contributed by atoms with E-state index in [1.807, 2.05) is 30.3 Å². The number of ketones is 1. The van der Waals surface area contributed by atoms with Gasteiger partial charge in [-0.3, -0.25) is 24.2 Å². The molecule has 0 spiro atoms. The number of carbonyl (C=O) groups excluding carboxylic acids is 4. The molecule has 1 aromatic heterocycles. The molecule has 2 atom stereocenters. The number of likely N-dealkylation sites (tertiary alicyclic amines) is 1. The Morgan fingerprint density at radius 1 is 0.886 bits per heavy atom. The third kappa shape index (κ3) is 5.50. The molecule has 3 heterocycles. The highest BCUT2D eigenvalue weighted by atomic mass is 32.2. The average Bonchev–Trinajstić information content (AvgIpc) is 3.63. The summed E-state index contributed by atoms with van der Waals surface area (Å²) in [6.45, 7) is -0.371. The molecule has 1 saturated carbocycles. The van der Waals surface area contributed by atoms with Crippen molar-refractivity contribution in [3.63, 3.8) is 0 Å². The minimum absolute atomic E-state index is 0.132. The Hall–Kier alpha value is -4.42. The number of carbonyl (C=O) groups is 4. The van der Waals surface area contributed by atoms with Gasteiger partial charge in [0.15, 0.2) is 5.78 Å². The summed E-state index contributed by atoms with van der Waals surface area (Å²) in [7, 11) is -4.55. The molecular formula is C32H32N4O7S. The number of nitrogens with one attached hydrogen (secondary N) is 1. The minimum atomic E-state index is -4.55. The number of rotatable bonds is 7. The van der Waals surface area contributed by atoms with Gasteiger partial charge in [-0.15, -0.1) is 0 Å². The van der Waals surface area contributed by atoms with Crippen molar-refractivity contribution >= 4 is 32.7 Å². The van der Waals surface area contributed by atoms with E-state index in [9.17, 15) is 27.6 Å². The molecule has 228 valence electrons. The molecule has 0 radical (unpaired) electrons. The minimum Gasteiger partial charge on any atom is -0.457 e. The molecular weight excluding hydrogens is 584 g/mol. The summed E-state index contributed by atoms with van der Waals surface area (Å²) in [4.78, 5) is 59.1. The van der Waals surface area contributed by atoms with Crippen molar-refractivity contribution < 1.29 is 32.3 Å². The van der Waals surface area contributed by atoms with Crippen LogP contribution < -0.4 is 10.1 Å². The van der Waals surface area contributed by atoms with Crippen molar-refractivity contribution in [2.75, 3.05) is 13.1 Å². The number of nitrogens with zero attached hydrogens (tertiary/aromatic N) is 3. The molecule has 3 fully saturated rings. The lowest BCUT2D eigenvalue weighted by Gasteiger charge is -2.40. The van der Waals surface area contributed by atoms with Gasteiger partial charge >= 0.3 is 5.12 Å². The molecule has 2 aromatic carbocycles. The van der Waals surface area contributed by atoms with E-state index >= 15 is 0 Å². The van der Waals surface area contributed by atoms with Crippen LogP contribution in [0.25, 0.3) is 0 Å². The maximum Gasteiger partial charge on any atom is 0.310 e. The van der Waals surface area contributed by atoms with Crippen LogP contribution in [0.2, 0.25) is 0 Å². The lowest BCUT2D eigenvalue weighted by atomic mass is 9.80. The first-order valence-electron chi connectivity index (χ1n) is 14.7. The fourth-order valence-corrected chi connectivity index (χ4v) is 7.93. The van der Waals surface area contributed by atoms with Crippen molar-refractivity contribution in [2.45, 2.75) is 56.1 Å². The summed E-state index contributed by atoms with van der Waals surface area (Å²) in [6.07, 6.45) is 4.65. The zero-order valence-corrected chi connectivity index (χ0v) is 24.7. The van der Waals surface area contributed by atoms with E-state index in [-0.39, 0.29) is 18.7 Å². The lowest BCUT2D eigenvalue weighted by molar-refractivity contribution is -0.143. The van der Waals surface area contributed by atoms with Crippen LogP contribution >= 0.6 is 0 Å². The molecule has 11 nitrogen and oxygen atoms in total. The third-order valence-electron chi connectivity index (χ3n) is 8.62. The van der Waals surface area contributed by atoms with Gasteiger partial charge in [0.05, 0.1) is 12.6 Å². The standard InChI is InChI=1S/C32H32N4O7S/c37-27-21-36(44(41,42)30(39)25-11-5-8-19-33-25)26-16-20-35(28(26)27)31(40)32(17-6-2-7-18-32)34-29(38)22-12-14-24(15-13-22)43-23-9-3-1-4-10-23/h1,3-5,8-15,19,26,28H,2,6-7,16-18,20-21H2,(H,34,38). The molecule has 44 heavy (non-hydrogen) atoms. The molecule has 2 aliphatic heterocycles. The Bertz CT molecular complexity index is 1670. The van der Waals surface area contributed by atoms with Gasteiger partial charge in [0.2, 0.25) is 5.91 Å². The summed E-state index contributed by atoms with van der Waals surface area (Å²) in [5.41, 5.74) is -1.12. The van der Waals surface area contributed by atoms with Crippen molar-refractivity contribution in [2.24, 2.45) is 0 Å². The van der Waals surface area contributed by atoms with Gasteiger partial charge in [0, 0.05) is 18.3 Å². The SMILES string of the molecule is O=C(NC1(C(=O)N2CCC3C2C(=O)CN3S(=O)(=O)C(=O)c2ccccn2)CCCCC1)c1ccc(Oc2ccccc2)cc1. The number of ether oxygens (including phenoxy) is 1. The Morgan fingerprint density at radius 2 is 1.57 bits per heavy atom. The van der Waals surface area contributed by atoms with Crippen molar-refractivity contribution in [3.05, 3.63) is 90.3 Å². The second-order valence-electron chi connectivity index (χ2n) is 11.4. The van der Waals surface area contributed by atoms with E-state index < -0.39 is 56.9 Å². The molecule has 12 heteroatoms. The van der Waals surface area contributed by atoms with E-state index in [1.165, 1.54) is 23.2 Å². The summed E-state index contributed by atoms with van der Waals surface area (Å²) < 4.78 is 33.3. The van der Waals surface area contributed by atoms with Crippen molar-refractivity contribution in [1.82, 2.24) is 19.5 Å².